The number of carbonyl (C=O) groups is 1. The molecule has 0 spiro atoms. The summed E-state index contributed by atoms with van der Waals surface area (Å²) >= 11 is 1.46. The van der Waals surface area contributed by atoms with Crippen LogP contribution in [0.2, 0.25) is 0 Å². The normalized spacial score (nSPS) is 16.4. The highest BCUT2D eigenvalue weighted by molar-refractivity contribution is 8.00. The number of nitrogens with two attached hydrogens (primary N) is 1. The molecule has 1 amide bonds. The monoisotopic (exact) mass is 373 g/mol. The van der Waals surface area contributed by atoms with Crippen LogP contribution < -0.4 is 11.1 Å². The van der Waals surface area contributed by atoms with E-state index in [9.17, 15) is 4.79 Å². The van der Waals surface area contributed by atoms with Gasteiger partial charge in [-0.25, -0.2) is 0 Å². The van der Waals surface area contributed by atoms with E-state index < -0.39 is 0 Å². The van der Waals surface area contributed by atoms with Crippen LogP contribution >= 0.6 is 11.8 Å². The third-order valence-electron chi connectivity index (χ3n) is 4.86. The van der Waals surface area contributed by atoms with Gasteiger partial charge in [-0.1, -0.05) is 31.0 Å². The lowest BCUT2D eigenvalue weighted by atomic mass is 9.89. The first-order valence-corrected chi connectivity index (χ1v) is 10.2. The lowest BCUT2D eigenvalue weighted by molar-refractivity contribution is -0.115. The smallest absolute Gasteiger partial charge is 0.237 e. The van der Waals surface area contributed by atoms with Gasteiger partial charge in [-0.15, -0.1) is 10.2 Å². The predicted octanol–water partition coefficient (Wildman–Crippen LogP) is 4.05. The number of hydrogen-bond acceptors (Lipinski definition) is 5. The van der Waals surface area contributed by atoms with Crippen molar-refractivity contribution in [2.45, 2.75) is 68.8 Å². The zero-order valence-electron chi connectivity index (χ0n) is 15.4. The molecule has 3 N–H and O–H groups in total. The summed E-state index contributed by atoms with van der Waals surface area (Å²) in [5.74, 6) is 1.54. The first kappa shape index (κ1) is 18.8. The van der Waals surface area contributed by atoms with Gasteiger partial charge < -0.3 is 15.6 Å². The van der Waals surface area contributed by atoms with E-state index in [2.05, 4.69) is 27.0 Å². The molecule has 1 aliphatic rings. The molecule has 1 unspecified atom stereocenters. The molecular formula is C19H27N5OS. The summed E-state index contributed by atoms with van der Waals surface area (Å²) < 4.78 is 2.17. The number of aromatic nitrogens is 3. The highest BCUT2D eigenvalue weighted by Crippen LogP contribution is 2.34. The Morgan fingerprint density at radius 3 is 2.62 bits per heavy atom. The van der Waals surface area contributed by atoms with E-state index in [1.165, 1.54) is 43.9 Å². The predicted molar refractivity (Wildman–Crippen MR) is 106 cm³/mol. The first-order valence-electron chi connectivity index (χ1n) is 9.34. The molecule has 0 aliphatic heterocycles. The van der Waals surface area contributed by atoms with Crippen LogP contribution in [0.1, 0.15) is 57.7 Å². The van der Waals surface area contributed by atoms with E-state index in [1.54, 1.807) is 24.3 Å². The Bertz CT molecular complexity index is 737. The van der Waals surface area contributed by atoms with E-state index in [-0.39, 0.29) is 11.2 Å². The molecule has 1 fully saturated rings. The molecule has 1 aliphatic carbocycles. The lowest BCUT2D eigenvalue weighted by Crippen LogP contribution is -2.23. The minimum absolute atomic E-state index is 0.0513. The van der Waals surface area contributed by atoms with Crippen molar-refractivity contribution in [3.05, 3.63) is 30.1 Å². The molecule has 1 atom stereocenters. The molecule has 7 heteroatoms. The number of nitrogens with zero attached hydrogens (tertiary/aromatic N) is 3. The van der Waals surface area contributed by atoms with Crippen molar-refractivity contribution in [2.75, 3.05) is 11.1 Å². The number of carbonyl (C=O) groups excluding carboxylic acids is 1. The van der Waals surface area contributed by atoms with Gasteiger partial charge in [0.25, 0.3) is 0 Å². The summed E-state index contributed by atoms with van der Waals surface area (Å²) in [4.78, 5) is 12.5. The maximum atomic E-state index is 12.5. The van der Waals surface area contributed by atoms with E-state index in [0.29, 0.717) is 11.6 Å². The fraction of sp³-hybridized carbons (Fsp3) is 0.526. The third-order valence-corrected chi connectivity index (χ3v) is 5.94. The van der Waals surface area contributed by atoms with Gasteiger partial charge in [0.1, 0.15) is 5.82 Å². The summed E-state index contributed by atoms with van der Waals surface area (Å²) in [5.41, 5.74) is 7.10. The largest absolute Gasteiger partial charge is 0.399 e. The number of hydrogen-bond donors (Lipinski definition) is 2. The van der Waals surface area contributed by atoms with Crippen molar-refractivity contribution >= 4 is 29.0 Å². The van der Waals surface area contributed by atoms with Crippen molar-refractivity contribution in [3.63, 3.8) is 0 Å². The maximum absolute atomic E-state index is 12.5. The van der Waals surface area contributed by atoms with Crippen molar-refractivity contribution in [1.29, 1.82) is 0 Å². The third kappa shape index (κ3) is 4.38. The number of nitrogens with one attached hydrogen (secondary N) is 1. The topological polar surface area (TPSA) is 85.8 Å². The minimum atomic E-state index is -0.263. The minimum Gasteiger partial charge on any atom is -0.399 e. The number of anilines is 2. The molecule has 26 heavy (non-hydrogen) atoms. The average molecular weight is 374 g/mol. The van der Waals surface area contributed by atoms with Crippen LogP contribution in [-0.4, -0.2) is 25.9 Å². The second-order valence-electron chi connectivity index (χ2n) is 6.79. The molecular weight excluding hydrogens is 346 g/mol. The number of benzene rings is 1. The van der Waals surface area contributed by atoms with E-state index in [4.69, 9.17) is 5.73 Å². The standard InChI is InChI=1S/C19H27N5OS/c1-3-24-17(14-7-5-4-6-8-14)22-23-19(24)26-13(2)18(25)21-16-11-9-15(20)10-12-16/h9-14H,3-8,20H2,1-2H3,(H,21,25). The highest BCUT2D eigenvalue weighted by atomic mass is 32.2. The van der Waals surface area contributed by atoms with Crippen molar-refractivity contribution in [2.24, 2.45) is 0 Å². The molecule has 1 aromatic carbocycles. The van der Waals surface area contributed by atoms with Crippen LogP contribution in [0.25, 0.3) is 0 Å². The van der Waals surface area contributed by atoms with Gasteiger partial charge in [-0.3, -0.25) is 4.79 Å². The molecule has 140 valence electrons. The van der Waals surface area contributed by atoms with Crippen LogP contribution in [-0.2, 0) is 11.3 Å². The van der Waals surface area contributed by atoms with Gasteiger partial charge in [0.05, 0.1) is 5.25 Å². The molecule has 6 nitrogen and oxygen atoms in total. The molecule has 3 rings (SSSR count). The number of rotatable bonds is 6. The van der Waals surface area contributed by atoms with Gasteiger partial charge in [0, 0.05) is 23.8 Å². The van der Waals surface area contributed by atoms with Crippen LogP contribution in [0, 0.1) is 0 Å². The maximum Gasteiger partial charge on any atom is 0.237 e. The quantitative estimate of drug-likeness (QED) is 0.589. The molecule has 0 bridgehead atoms. The summed E-state index contributed by atoms with van der Waals surface area (Å²) in [6, 6.07) is 7.16. The van der Waals surface area contributed by atoms with Crippen molar-refractivity contribution in [3.8, 4) is 0 Å². The fourth-order valence-electron chi connectivity index (χ4n) is 3.37. The summed E-state index contributed by atoms with van der Waals surface area (Å²) in [6.07, 6.45) is 6.24. The Morgan fingerprint density at radius 1 is 1.27 bits per heavy atom. The van der Waals surface area contributed by atoms with Gasteiger partial charge >= 0.3 is 0 Å². The number of thioether (sulfide) groups is 1. The highest BCUT2D eigenvalue weighted by Gasteiger charge is 2.25. The fourth-order valence-corrected chi connectivity index (χ4v) is 4.29. The zero-order chi connectivity index (χ0) is 18.5. The van der Waals surface area contributed by atoms with E-state index in [1.807, 2.05) is 6.92 Å². The van der Waals surface area contributed by atoms with Gasteiger partial charge in [0.2, 0.25) is 5.91 Å². The zero-order valence-corrected chi connectivity index (χ0v) is 16.3. The molecule has 0 radical (unpaired) electrons. The first-order chi connectivity index (χ1) is 12.6. The number of nitrogen functional groups attached to an aromatic ring is 1. The molecule has 1 aromatic heterocycles. The van der Waals surface area contributed by atoms with Gasteiger partial charge in [0.15, 0.2) is 5.16 Å². The SMILES string of the molecule is CCn1c(SC(C)C(=O)Nc2ccc(N)cc2)nnc1C1CCCCC1. The second kappa shape index (κ2) is 8.58. The Labute approximate surface area is 158 Å². The molecule has 1 saturated carbocycles. The Balaban J connectivity index is 1.66. The van der Waals surface area contributed by atoms with Crippen LogP contribution in [0.4, 0.5) is 11.4 Å². The number of amides is 1. The Kier molecular flexibility index (Phi) is 6.19. The van der Waals surface area contributed by atoms with Crippen LogP contribution in [0.5, 0.6) is 0 Å². The second-order valence-corrected chi connectivity index (χ2v) is 8.10. The molecule has 2 aromatic rings. The lowest BCUT2D eigenvalue weighted by Gasteiger charge is -2.21. The average Bonchev–Trinajstić information content (AvgIpc) is 3.06. The van der Waals surface area contributed by atoms with Crippen molar-refractivity contribution in [1.82, 2.24) is 14.8 Å². The Hall–Kier alpha value is -2.02. The molecule has 1 heterocycles. The van der Waals surface area contributed by atoms with Gasteiger partial charge in [-0.2, -0.15) is 0 Å². The van der Waals surface area contributed by atoms with E-state index in [0.717, 1.165) is 23.2 Å². The summed E-state index contributed by atoms with van der Waals surface area (Å²) in [7, 11) is 0. The van der Waals surface area contributed by atoms with Gasteiger partial charge in [-0.05, 0) is 51.0 Å². The van der Waals surface area contributed by atoms with E-state index >= 15 is 0 Å². The molecule has 0 saturated heterocycles. The van der Waals surface area contributed by atoms with Crippen LogP contribution in [0.15, 0.2) is 29.4 Å². The summed E-state index contributed by atoms with van der Waals surface area (Å²) in [5, 5.41) is 12.3. The Morgan fingerprint density at radius 2 is 1.96 bits per heavy atom. The summed E-state index contributed by atoms with van der Waals surface area (Å²) in [6.45, 7) is 4.83. The van der Waals surface area contributed by atoms with Crippen molar-refractivity contribution < 1.29 is 4.79 Å². The van der Waals surface area contributed by atoms with Crippen LogP contribution in [0.3, 0.4) is 0 Å².